The first-order valence-electron chi connectivity index (χ1n) is 10.1. The lowest BCUT2D eigenvalue weighted by Gasteiger charge is -2.08. The van der Waals surface area contributed by atoms with Crippen molar-refractivity contribution in [3.63, 3.8) is 0 Å². The molecule has 0 aliphatic heterocycles. The summed E-state index contributed by atoms with van der Waals surface area (Å²) < 4.78 is 11.1. The van der Waals surface area contributed by atoms with E-state index < -0.39 is 0 Å². The van der Waals surface area contributed by atoms with Gasteiger partial charge in [0, 0.05) is 24.4 Å². The van der Waals surface area contributed by atoms with Gasteiger partial charge in [-0.2, -0.15) is 0 Å². The number of pyridine rings is 1. The Labute approximate surface area is 172 Å². The van der Waals surface area contributed by atoms with E-state index in [4.69, 9.17) is 9.47 Å². The van der Waals surface area contributed by atoms with Gasteiger partial charge in [-0.3, -0.25) is 9.78 Å². The number of esters is 1. The number of ether oxygens (including phenoxy) is 2. The molecule has 1 heterocycles. The Hall–Kier alpha value is -3.14. The topological polar surface area (TPSA) is 48.4 Å². The number of carbonyl (C=O) groups is 1. The van der Waals surface area contributed by atoms with Gasteiger partial charge in [-0.1, -0.05) is 43.7 Å². The van der Waals surface area contributed by atoms with Crippen molar-refractivity contribution in [3.05, 3.63) is 89.7 Å². The largest absolute Gasteiger partial charge is 0.489 e. The Kier molecular flexibility index (Phi) is 7.81. The lowest BCUT2D eigenvalue weighted by Crippen LogP contribution is -2.07. The van der Waals surface area contributed by atoms with Crippen LogP contribution < -0.4 is 9.47 Å². The average molecular weight is 389 g/mol. The molecule has 0 unspecified atom stereocenters. The summed E-state index contributed by atoms with van der Waals surface area (Å²) in [5, 5.41) is 0. The third-order valence-electron chi connectivity index (χ3n) is 4.64. The lowest BCUT2D eigenvalue weighted by atomic mass is 10.0. The standard InChI is InChI=1S/C25H27NO3/c1-2-3-6-25(27)29-24-15-11-21(12-16-24)8-7-20-9-13-23(14-10-20)28-19-22-5-4-17-26-18-22/h4-5,9-18H,2-3,6-8,19H2,1H3. The number of rotatable bonds is 10. The van der Waals surface area contributed by atoms with Gasteiger partial charge < -0.3 is 9.47 Å². The molecule has 0 fully saturated rings. The molecule has 2 aromatic carbocycles. The van der Waals surface area contributed by atoms with Crippen LogP contribution in [0.4, 0.5) is 0 Å². The SMILES string of the molecule is CCCCC(=O)Oc1ccc(CCc2ccc(OCc3cccnc3)cc2)cc1. The monoisotopic (exact) mass is 389 g/mol. The Morgan fingerprint density at radius 2 is 1.52 bits per heavy atom. The Bertz CT molecular complexity index is 874. The molecular weight excluding hydrogens is 362 g/mol. The number of unbranched alkanes of at least 4 members (excludes halogenated alkanes) is 1. The Morgan fingerprint density at radius 3 is 2.10 bits per heavy atom. The van der Waals surface area contributed by atoms with Gasteiger partial charge in [0.05, 0.1) is 0 Å². The van der Waals surface area contributed by atoms with Gasteiger partial charge in [-0.05, 0) is 60.7 Å². The van der Waals surface area contributed by atoms with E-state index in [1.165, 1.54) is 11.1 Å². The van der Waals surface area contributed by atoms with E-state index in [1.54, 1.807) is 6.20 Å². The molecule has 1 aromatic heterocycles. The number of aryl methyl sites for hydroxylation is 2. The summed E-state index contributed by atoms with van der Waals surface area (Å²) in [6, 6.07) is 19.9. The summed E-state index contributed by atoms with van der Waals surface area (Å²) >= 11 is 0. The predicted molar refractivity (Wildman–Crippen MR) is 114 cm³/mol. The van der Waals surface area contributed by atoms with Crippen LogP contribution in [0, 0.1) is 0 Å². The van der Waals surface area contributed by atoms with Crippen molar-refractivity contribution in [1.82, 2.24) is 4.98 Å². The van der Waals surface area contributed by atoms with Crippen LogP contribution in [0.3, 0.4) is 0 Å². The fourth-order valence-electron chi connectivity index (χ4n) is 2.92. The number of benzene rings is 2. The number of aromatic nitrogens is 1. The maximum atomic E-state index is 11.7. The zero-order valence-corrected chi connectivity index (χ0v) is 16.8. The van der Waals surface area contributed by atoms with Crippen LogP contribution in [0.15, 0.2) is 73.1 Å². The van der Waals surface area contributed by atoms with E-state index in [0.717, 1.165) is 37.0 Å². The fraction of sp³-hybridized carbons (Fsp3) is 0.280. The zero-order valence-electron chi connectivity index (χ0n) is 16.8. The van der Waals surface area contributed by atoms with Crippen molar-refractivity contribution >= 4 is 5.97 Å². The molecule has 0 amide bonds. The summed E-state index contributed by atoms with van der Waals surface area (Å²) in [7, 11) is 0. The van der Waals surface area contributed by atoms with Gasteiger partial charge in [-0.25, -0.2) is 0 Å². The van der Waals surface area contributed by atoms with Crippen molar-refractivity contribution in [2.75, 3.05) is 0 Å². The highest BCUT2D eigenvalue weighted by molar-refractivity contribution is 5.72. The minimum atomic E-state index is -0.162. The minimum absolute atomic E-state index is 0.162. The average Bonchev–Trinajstić information content (AvgIpc) is 2.77. The molecule has 150 valence electrons. The van der Waals surface area contributed by atoms with Crippen LogP contribution >= 0.6 is 0 Å². The second-order valence-corrected chi connectivity index (χ2v) is 7.02. The molecule has 29 heavy (non-hydrogen) atoms. The fourth-order valence-corrected chi connectivity index (χ4v) is 2.92. The highest BCUT2D eigenvalue weighted by Gasteiger charge is 2.04. The number of nitrogens with zero attached hydrogens (tertiary/aromatic N) is 1. The highest BCUT2D eigenvalue weighted by atomic mass is 16.5. The first-order valence-corrected chi connectivity index (χ1v) is 10.1. The van der Waals surface area contributed by atoms with Crippen LogP contribution in [0.2, 0.25) is 0 Å². The van der Waals surface area contributed by atoms with Crippen LogP contribution in [0.5, 0.6) is 11.5 Å². The van der Waals surface area contributed by atoms with Crippen LogP contribution in [0.25, 0.3) is 0 Å². The van der Waals surface area contributed by atoms with Gasteiger partial charge in [0.2, 0.25) is 0 Å². The molecule has 0 aliphatic carbocycles. The Morgan fingerprint density at radius 1 is 0.862 bits per heavy atom. The van der Waals surface area contributed by atoms with Gasteiger partial charge in [0.25, 0.3) is 0 Å². The van der Waals surface area contributed by atoms with Crippen molar-refractivity contribution < 1.29 is 14.3 Å². The zero-order chi connectivity index (χ0) is 20.3. The third kappa shape index (κ3) is 7.07. The highest BCUT2D eigenvalue weighted by Crippen LogP contribution is 2.18. The number of carbonyl (C=O) groups excluding carboxylic acids is 1. The van der Waals surface area contributed by atoms with Gasteiger partial charge in [-0.15, -0.1) is 0 Å². The summed E-state index contributed by atoms with van der Waals surface area (Å²) in [4.78, 5) is 15.8. The van der Waals surface area contributed by atoms with E-state index in [-0.39, 0.29) is 5.97 Å². The second-order valence-electron chi connectivity index (χ2n) is 7.02. The van der Waals surface area contributed by atoms with Crippen molar-refractivity contribution in [2.24, 2.45) is 0 Å². The molecule has 4 nitrogen and oxygen atoms in total. The molecule has 3 rings (SSSR count). The van der Waals surface area contributed by atoms with Gasteiger partial charge in [0.1, 0.15) is 18.1 Å². The quantitative estimate of drug-likeness (QED) is 0.337. The van der Waals surface area contributed by atoms with Crippen molar-refractivity contribution in [3.8, 4) is 11.5 Å². The molecular formula is C25H27NO3. The molecule has 0 saturated heterocycles. The number of hydrogen-bond acceptors (Lipinski definition) is 4. The second kappa shape index (κ2) is 11.0. The molecule has 3 aromatic rings. The number of hydrogen-bond donors (Lipinski definition) is 0. The first kappa shape index (κ1) is 20.6. The summed E-state index contributed by atoms with van der Waals surface area (Å²) in [6.07, 6.45) is 7.77. The summed E-state index contributed by atoms with van der Waals surface area (Å²) in [5.41, 5.74) is 3.53. The van der Waals surface area contributed by atoms with Crippen LogP contribution in [-0.4, -0.2) is 11.0 Å². The third-order valence-corrected chi connectivity index (χ3v) is 4.64. The van der Waals surface area contributed by atoms with Crippen LogP contribution in [-0.2, 0) is 24.2 Å². The molecule has 0 aliphatic rings. The summed E-state index contributed by atoms with van der Waals surface area (Å²) in [6.45, 7) is 2.58. The Balaban J connectivity index is 1.44. The van der Waals surface area contributed by atoms with E-state index in [9.17, 15) is 4.79 Å². The maximum absolute atomic E-state index is 11.7. The molecule has 0 N–H and O–H groups in total. The molecule has 0 saturated carbocycles. The normalized spacial score (nSPS) is 10.5. The van der Waals surface area contributed by atoms with E-state index >= 15 is 0 Å². The smallest absolute Gasteiger partial charge is 0.311 e. The minimum Gasteiger partial charge on any atom is -0.489 e. The van der Waals surface area contributed by atoms with Crippen LogP contribution in [0.1, 0.15) is 42.9 Å². The molecule has 4 heteroatoms. The van der Waals surface area contributed by atoms with Crippen molar-refractivity contribution in [2.45, 2.75) is 45.6 Å². The van der Waals surface area contributed by atoms with Crippen molar-refractivity contribution in [1.29, 1.82) is 0 Å². The van der Waals surface area contributed by atoms with E-state index in [1.807, 2.05) is 54.7 Å². The summed E-state index contributed by atoms with van der Waals surface area (Å²) in [5.74, 6) is 1.31. The molecule has 0 bridgehead atoms. The van der Waals surface area contributed by atoms with E-state index in [0.29, 0.717) is 18.8 Å². The molecule has 0 spiro atoms. The predicted octanol–water partition coefficient (Wildman–Crippen LogP) is 5.54. The van der Waals surface area contributed by atoms with Gasteiger partial charge in [0.15, 0.2) is 0 Å². The molecule has 0 atom stereocenters. The van der Waals surface area contributed by atoms with E-state index in [2.05, 4.69) is 24.0 Å². The van der Waals surface area contributed by atoms with Gasteiger partial charge >= 0.3 is 5.97 Å². The lowest BCUT2D eigenvalue weighted by molar-refractivity contribution is -0.134. The first-order chi connectivity index (χ1) is 14.2. The maximum Gasteiger partial charge on any atom is 0.311 e. The molecule has 0 radical (unpaired) electrons.